The molecule has 4 heteroatoms. The van der Waals surface area contributed by atoms with Crippen LogP contribution in [0.25, 0.3) is 0 Å². The van der Waals surface area contributed by atoms with Crippen LogP contribution in [0.2, 0.25) is 0 Å². The largest absolute Gasteiger partial charge is 0.388 e. The van der Waals surface area contributed by atoms with Crippen LogP contribution >= 0.6 is 11.8 Å². The zero-order valence-electron chi connectivity index (χ0n) is 10.8. The molecule has 1 fully saturated rings. The lowest BCUT2D eigenvalue weighted by Crippen LogP contribution is -2.35. The van der Waals surface area contributed by atoms with Crippen molar-refractivity contribution in [3.63, 3.8) is 0 Å². The van der Waals surface area contributed by atoms with Gasteiger partial charge in [-0.15, -0.1) is 0 Å². The number of hydrogen-bond acceptors (Lipinski definition) is 3. The van der Waals surface area contributed by atoms with Crippen molar-refractivity contribution in [2.45, 2.75) is 31.9 Å². The lowest BCUT2D eigenvalue weighted by Gasteiger charge is -2.27. The van der Waals surface area contributed by atoms with Crippen LogP contribution in [-0.4, -0.2) is 45.7 Å². The number of rotatable bonds is 3. The standard InChI is InChI=1S/C14H22N2OS/c17-14-3-1-2-13-12(14)4-5-16(13)7-6-15-8-10-18-11-9-15/h4-5,14,17H,1-3,6-11H2. The van der Waals surface area contributed by atoms with E-state index in [0.717, 1.165) is 32.4 Å². The lowest BCUT2D eigenvalue weighted by molar-refractivity contribution is 0.155. The highest BCUT2D eigenvalue weighted by Gasteiger charge is 2.21. The van der Waals surface area contributed by atoms with Gasteiger partial charge in [-0.05, 0) is 25.3 Å². The van der Waals surface area contributed by atoms with E-state index in [2.05, 4.69) is 33.5 Å². The van der Waals surface area contributed by atoms with Crippen molar-refractivity contribution in [1.82, 2.24) is 9.47 Å². The molecule has 2 aliphatic rings. The minimum atomic E-state index is -0.221. The number of aliphatic hydroxyl groups is 1. The van der Waals surface area contributed by atoms with Gasteiger partial charge in [0, 0.05) is 55.1 Å². The summed E-state index contributed by atoms with van der Waals surface area (Å²) in [7, 11) is 0. The Labute approximate surface area is 113 Å². The smallest absolute Gasteiger partial charge is 0.0807 e. The zero-order valence-corrected chi connectivity index (χ0v) is 11.7. The normalized spacial score (nSPS) is 25.1. The van der Waals surface area contributed by atoms with Crippen LogP contribution in [-0.2, 0) is 13.0 Å². The lowest BCUT2D eigenvalue weighted by atomic mass is 9.95. The summed E-state index contributed by atoms with van der Waals surface area (Å²) in [5.41, 5.74) is 2.55. The molecule has 100 valence electrons. The number of aliphatic hydroxyl groups excluding tert-OH is 1. The van der Waals surface area contributed by atoms with E-state index in [1.54, 1.807) is 0 Å². The minimum Gasteiger partial charge on any atom is -0.388 e. The van der Waals surface area contributed by atoms with Crippen molar-refractivity contribution in [2.24, 2.45) is 0 Å². The average molecular weight is 266 g/mol. The molecule has 0 saturated carbocycles. The Hall–Kier alpha value is -0.450. The highest BCUT2D eigenvalue weighted by atomic mass is 32.2. The van der Waals surface area contributed by atoms with Gasteiger partial charge < -0.3 is 9.67 Å². The third-order valence-electron chi connectivity index (χ3n) is 4.12. The van der Waals surface area contributed by atoms with Gasteiger partial charge in [0.15, 0.2) is 0 Å². The summed E-state index contributed by atoms with van der Waals surface area (Å²) in [6, 6.07) is 2.12. The summed E-state index contributed by atoms with van der Waals surface area (Å²) in [4.78, 5) is 2.56. The molecule has 1 aromatic rings. The first-order valence-electron chi connectivity index (χ1n) is 7.00. The van der Waals surface area contributed by atoms with Crippen molar-refractivity contribution < 1.29 is 5.11 Å². The van der Waals surface area contributed by atoms with Crippen molar-refractivity contribution >= 4 is 11.8 Å². The molecular weight excluding hydrogens is 244 g/mol. The van der Waals surface area contributed by atoms with Gasteiger partial charge in [0.05, 0.1) is 6.10 Å². The number of nitrogens with zero attached hydrogens (tertiary/aromatic N) is 2. The Morgan fingerprint density at radius 3 is 2.94 bits per heavy atom. The molecule has 0 bridgehead atoms. The Morgan fingerprint density at radius 2 is 2.11 bits per heavy atom. The number of thioether (sulfide) groups is 1. The van der Waals surface area contributed by atoms with Crippen LogP contribution in [0.3, 0.4) is 0 Å². The fraction of sp³-hybridized carbons (Fsp3) is 0.714. The summed E-state index contributed by atoms with van der Waals surface area (Å²) in [5.74, 6) is 2.56. The molecule has 1 aromatic heterocycles. The molecule has 3 rings (SSSR count). The topological polar surface area (TPSA) is 28.4 Å². The highest BCUT2D eigenvalue weighted by molar-refractivity contribution is 7.99. The van der Waals surface area contributed by atoms with Gasteiger partial charge in [-0.25, -0.2) is 0 Å². The van der Waals surface area contributed by atoms with Gasteiger partial charge in [0.1, 0.15) is 0 Å². The highest BCUT2D eigenvalue weighted by Crippen LogP contribution is 2.30. The first-order chi connectivity index (χ1) is 8.84. The quantitative estimate of drug-likeness (QED) is 0.906. The van der Waals surface area contributed by atoms with Crippen molar-refractivity contribution in [2.75, 3.05) is 31.1 Å². The van der Waals surface area contributed by atoms with Crippen molar-refractivity contribution in [1.29, 1.82) is 0 Å². The zero-order chi connectivity index (χ0) is 12.4. The maximum atomic E-state index is 9.97. The van der Waals surface area contributed by atoms with E-state index in [-0.39, 0.29) is 6.10 Å². The Morgan fingerprint density at radius 1 is 1.28 bits per heavy atom. The molecule has 0 radical (unpaired) electrons. The van der Waals surface area contributed by atoms with Crippen molar-refractivity contribution in [3.8, 4) is 0 Å². The molecule has 1 N–H and O–H groups in total. The average Bonchev–Trinajstić information content (AvgIpc) is 2.82. The summed E-state index contributed by atoms with van der Waals surface area (Å²) < 4.78 is 2.36. The Balaban J connectivity index is 1.62. The first-order valence-corrected chi connectivity index (χ1v) is 8.16. The predicted molar refractivity (Wildman–Crippen MR) is 76.1 cm³/mol. The molecule has 0 amide bonds. The van der Waals surface area contributed by atoms with Crippen LogP contribution < -0.4 is 0 Å². The molecule has 1 saturated heterocycles. The number of aromatic nitrogens is 1. The predicted octanol–water partition coefficient (Wildman–Crippen LogP) is 1.91. The van der Waals surface area contributed by atoms with Gasteiger partial charge in [0.2, 0.25) is 0 Å². The van der Waals surface area contributed by atoms with E-state index in [1.807, 2.05) is 0 Å². The first kappa shape index (κ1) is 12.6. The van der Waals surface area contributed by atoms with Gasteiger partial charge in [-0.1, -0.05) is 0 Å². The number of fused-ring (bicyclic) bond motifs is 1. The van der Waals surface area contributed by atoms with Crippen LogP contribution in [0.1, 0.15) is 30.2 Å². The molecule has 0 spiro atoms. The molecule has 0 aromatic carbocycles. The molecule has 1 unspecified atom stereocenters. The molecule has 3 nitrogen and oxygen atoms in total. The van der Waals surface area contributed by atoms with E-state index >= 15 is 0 Å². The Bertz CT molecular complexity index is 398. The molecule has 1 aliphatic carbocycles. The maximum Gasteiger partial charge on any atom is 0.0807 e. The third kappa shape index (κ3) is 2.60. The molecule has 18 heavy (non-hydrogen) atoms. The van der Waals surface area contributed by atoms with Gasteiger partial charge in [-0.2, -0.15) is 11.8 Å². The van der Waals surface area contributed by atoms with Gasteiger partial charge in [0.25, 0.3) is 0 Å². The second kappa shape index (κ2) is 5.68. The van der Waals surface area contributed by atoms with Crippen LogP contribution in [0, 0.1) is 0 Å². The van der Waals surface area contributed by atoms with E-state index in [1.165, 1.54) is 35.9 Å². The molecule has 1 atom stereocenters. The fourth-order valence-electron chi connectivity index (χ4n) is 3.02. The monoisotopic (exact) mass is 266 g/mol. The summed E-state index contributed by atoms with van der Waals surface area (Å²) >= 11 is 2.06. The van der Waals surface area contributed by atoms with E-state index in [9.17, 15) is 5.11 Å². The van der Waals surface area contributed by atoms with E-state index in [0.29, 0.717) is 0 Å². The van der Waals surface area contributed by atoms with Crippen LogP contribution in [0.15, 0.2) is 12.3 Å². The molecule has 2 heterocycles. The second-order valence-corrected chi connectivity index (χ2v) is 6.50. The van der Waals surface area contributed by atoms with Gasteiger partial charge in [-0.3, -0.25) is 4.90 Å². The maximum absolute atomic E-state index is 9.97. The molecular formula is C14H22N2OS. The van der Waals surface area contributed by atoms with Crippen LogP contribution in [0.5, 0.6) is 0 Å². The third-order valence-corrected chi connectivity index (χ3v) is 5.07. The summed E-state index contributed by atoms with van der Waals surface area (Å²) in [6.07, 6.45) is 5.13. The van der Waals surface area contributed by atoms with Gasteiger partial charge >= 0.3 is 0 Å². The van der Waals surface area contributed by atoms with E-state index in [4.69, 9.17) is 0 Å². The Kier molecular flexibility index (Phi) is 3.97. The SMILES string of the molecule is OC1CCCc2c1ccn2CCN1CCSCC1. The van der Waals surface area contributed by atoms with Crippen LogP contribution in [0.4, 0.5) is 0 Å². The van der Waals surface area contributed by atoms with E-state index < -0.39 is 0 Å². The second-order valence-electron chi connectivity index (χ2n) is 5.27. The minimum absolute atomic E-state index is 0.221. The fourth-order valence-corrected chi connectivity index (χ4v) is 3.99. The molecule has 1 aliphatic heterocycles. The summed E-state index contributed by atoms with van der Waals surface area (Å²) in [6.45, 7) is 4.69. The summed E-state index contributed by atoms with van der Waals surface area (Å²) in [5, 5.41) is 9.97. The van der Waals surface area contributed by atoms with Crippen molar-refractivity contribution in [3.05, 3.63) is 23.5 Å². The number of hydrogen-bond donors (Lipinski definition) is 1.